The maximum atomic E-state index is 12.3. The van der Waals surface area contributed by atoms with Gasteiger partial charge in [-0.15, -0.1) is 24.8 Å². The lowest BCUT2D eigenvalue weighted by Crippen LogP contribution is -2.54. The van der Waals surface area contributed by atoms with E-state index in [1.807, 2.05) is 32.3 Å². The predicted molar refractivity (Wildman–Crippen MR) is 97.1 cm³/mol. The first-order chi connectivity index (χ1) is 9.53. The normalized spacial score (nSPS) is 16.0. The summed E-state index contributed by atoms with van der Waals surface area (Å²) in [5, 5.41) is 3.01. The van der Waals surface area contributed by atoms with Crippen molar-refractivity contribution in [1.29, 1.82) is 0 Å². The Morgan fingerprint density at radius 2 is 1.77 bits per heavy atom. The fourth-order valence-corrected chi connectivity index (χ4v) is 2.86. The number of nitrogens with two attached hydrogens (primary N) is 1. The number of hydrogen-bond donors (Lipinski definition) is 2. The van der Waals surface area contributed by atoms with Crippen molar-refractivity contribution in [2.24, 2.45) is 5.73 Å². The molecular formula is C16H27Cl2N3O. The lowest BCUT2D eigenvalue weighted by molar-refractivity contribution is -0.127. The second kappa shape index (κ2) is 9.23. The van der Waals surface area contributed by atoms with Crippen LogP contribution >= 0.6 is 24.8 Å². The topological polar surface area (TPSA) is 58.4 Å². The number of carbonyl (C=O) groups excluding carboxylic acids is 1. The highest BCUT2D eigenvalue weighted by molar-refractivity contribution is 5.86. The van der Waals surface area contributed by atoms with Crippen LogP contribution in [0.15, 0.2) is 24.3 Å². The van der Waals surface area contributed by atoms with Crippen molar-refractivity contribution in [3.8, 4) is 0 Å². The number of hydrogen-bond acceptors (Lipinski definition) is 3. The van der Waals surface area contributed by atoms with Gasteiger partial charge in [-0.05, 0) is 24.5 Å². The van der Waals surface area contributed by atoms with Crippen molar-refractivity contribution in [1.82, 2.24) is 5.32 Å². The summed E-state index contributed by atoms with van der Waals surface area (Å²) < 4.78 is 0. The fourth-order valence-electron chi connectivity index (χ4n) is 2.86. The molecule has 1 amide bonds. The minimum Gasteiger partial charge on any atom is -0.377 e. The number of halogens is 2. The summed E-state index contributed by atoms with van der Waals surface area (Å²) in [5.74, 6) is -0.00856. The van der Waals surface area contributed by atoms with Crippen molar-refractivity contribution in [3.05, 3.63) is 29.8 Å². The molecule has 0 spiro atoms. The first kappa shape index (κ1) is 21.0. The number of amides is 1. The van der Waals surface area contributed by atoms with Gasteiger partial charge in [0.05, 0.1) is 5.54 Å². The van der Waals surface area contributed by atoms with Crippen molar-refractivity contribution in [2.75, 3.05) is 19.0 Å². The Morgan fingerprint density at radius 3 is 2.36 bits per heavy atom. The van der Waals surface area contributed by atoms with Gasteiger partial charge in [0.25, 0.3) is 0 Å². The Bertz CT molecular complexity index is 474. The molecule has 2 rings (SSSR count). The number of nitrogens with zero attached hydrogens (tertiary/aromatic N) is 1. The van der Waals surface area contributed by atoms with E-state index in [9.17, 15) is 4.79 Å². The van der Waals surface area contributed by atoms with E-state index in [2.05, 4.69) is 16.3 Å². The Balaban J connectivity index is 0.00000220. The maximum Gasteiger partial charge on any atom is 0.240 e. The molecule has 1 aliphatic rings. The zero-order chi connectivity index (χ0) is 14.6. The molecule has 1 aromatic carbocycles. The van der Waals surface area contributed by atoms with Gasteiger partial charge in [0.15, 0.2) is 0 Å². The van der Waals surface area contributed by atoms with E-state index in [0.717, 1.165) is 36.9 Å². The molecule has 0 unspecified atom stereocenters. The molecule has 6 heteroatoms. The van der Waals surface area contributed by atoms with Gasteiger partial charge in [0, 0.05) is 26.3 Å². The van der Waals surface area contributed by atoms with E-state index in [-0.39, 0.29) is 30.7 Å². The van der Waals surface area contributed by atoms with Gasteiger partial charge in [-0.1, -0.05) is 37.5 Å². The molecule has 0 heterocycles. The number of benzene rings is 1. The molecule has 1 saturated carbocycles. The maximum absolute atomic E-state index is 12.3. The first-order valence-electron chi connectivity index (χ1n) is 7.35. The van der Waals surface area contributed by atoms with Crippen LogP contribution in [0.3, 0.4) is 0 Å². The summed E-state index contributed by atoms with van der Waals surface area (Å²) >= 11 is 0. The molecule has 3 N–H and O–H groups in total. The minimum atomic E-state index is -0.661. The van der Waals surface area contributed by atoms with E-state index in [4.69, 9.17) is 5.73 Å². The monoisotopic (exact) mass is 347 g/mol. The molecule has 0 aromatic heterocycles. The van der Waals surface area contributed by atoms with Crippen LogP contribution < -0.4 is 16.0 Å². The van der Waals surface area contributed by atoms with Crippen LogP contribution in [0.25, 0.3) is 0 Å². The number of anilines is 1. The predicted octanol–water partition coefficient (Wildman–Crippen LogP) is 2.87. The highest BCUT2D eigenvalue weighted by Crippen LogP contribution is 2.26. The van der Waals surface area contributed by atoms with E-state index >= 15 is 0 Å². The van der Waals surface area contributed by atoms with Crippen molar-refractivity contribution >= 4 is 36.4 Å². The third-order valence-electron chi connectivity index (χ3n) is 4.11. The van der Waals surface area contributed by atoms with Crippen LogP contribution in [0.4, 0.5) is 5.69 Å². The average molecular weight is 348 g/mol. The summed E-state index contributed by atoms with van der Waals surface area (Å²) in [6.45, 7) is 0.534. The molecule has 0 bridgehead atoms. The third-order valence-corrected chi connectivity index (χ3v) is 4.11. The molecule has 22 heavy (non-hydrogen) atoms. The molecule has 0 saturated heterocycles. The summed E-state index contributed by atoms with van der Waals surface area (Å²) in [7, 11) is 4.01. The van der Waals surface area contributed by atoms with E-state index in [0.29, 0.717) is 6.54 Å². The molecule has 1 aromatic rings. The number of carbonyl (C=O) groups is 1. The SMILES string of the molecule is CN(C)c1ccccc1CNC(=O)C1(N)CCCCC1.Cl.Cl. The highest BCUT2D eigenvalue weighted by atomic mass is 35.5. The number of rotatable bonds is 4. The molecular weight excluding hydrogens is 321 g/mol. The van der Waals surface area contributed by atoms with Gasteiger partial charge in [-0.25, -0.2) is 0 Å². The molecule has 1 fully saturated rings. The van der Waals surface area contributed by atoms with Crippen LogP contribution in [0, 0.1) is 0 Å². The van der Waals surface area contributed by atoms with Gasteiger partial charge in [0.1, 0.15) is 0 Å². The van der Waals surface area contributed by atoms with Crippen LogP contribution in [0.5, 0.6) is 0 Å². The van der Waals surface area contributed by atoms with Gasteiger partial charge >= 0.3 is 0 Å². The van der Waals surface area contributed by atoms with E-state index < -0.39 is 5.54 Å². The molecule has 4 nitrogen and oxygen atoms in total. The van der Waals surface area contributed by atoms with Crippen molar-refractivity contribution in [3.63, 3.8) is 0 Å². The smallest absolute Gasteiger partial charge is 0.240 e. The van der Waals surface area contributed by atoms with Gasteiger partial charge in [-0.2, -0.15) is 0 Å². The summed E-state index contributed by atoms with van der Waals surface area (Å²) in [5.41, 5.74) is 7.82. The quantitative estimate of drug-likeness (QED) is 0.880. The molecule has 126 valence electrons. The average Bonchev–Trinajstić information content (AvgIpc) is 2.45. The van der Waals surface area contributed by atoms with E-state index in [1.165, 1.54) is 6.42 Å². The van der Waals surface area contributed by atoms with Crippen LogP contribution in [0.2, 0.25) is 0 Å². The zero-order valence-corrected chi connectivity index (χ0v) is 14.9. The molecule has 0 aliphatic heterocycles. The van der Waals surface area contributed by atoms with Gasteiger partial charge in [0.2, 0.25) is 5.91 Å². The summed E-state index contributed by atoms with van der Waals surface area (Å²) in [6.07, 6.45) is 4.90. The molecule has 1 aliphatic carbocycles. The summed E-state index contributed by atoms with van der Waals surface area (Å²) in [4.78, 5) is 14.4. The van der Waals surface area contributed by atoms with Crippen molar-refractivity contribution < 1.29 is 4.79 Å². The van der Waals surface area contributed by atoms with Crippen molar-refractivity contribution in [2.45, 2.75) is 44.2 Å². The lowest BCUT2D eigenvalue weighted by Gasteiger charge is -2.32. The number of nitrogens with one attached hydrogen (secondary N) is 1. The van der Waals surface area contributed by atoms with Crippen LogP contribution in [-0.2, 0) is 11.3 Å². The van der Waals surface area contributed by atoms with Crippen LogP contribution in [-0.4, -0.2) is 25.5 Å². The Hall–Kier alpha value is -0.970. The molecule has 0 atom stereocenters. The Labute approximate surface area is 145 Å². The zero-order valence-electron chi connectivity index (χ0n) is 13.3. The summed E-state index contributed by atoms with van der Waals surface area (Å²) in [6, 6.07) is 8.10. The second-order valence-electron chi connectivity index (χ2n) is 5.92. The van der Waals surface area contributed by atoms with E-state index in [1.54, 1.807) is 0 Å². The Kier molecular flexibility index (Phi) is 8.83. The molecule has 0 radical (unpaired) electrons. The van der Waals surface area contributed by atoms with Gasteiger partial charge in [-0.3, -0.25) is 4.79 Å². The highest BCUT2D eigenvalue weighted by Gasteiger charge is 2.34. The standard InChI is InChI=1S/C16H25N3O.2ClH/c1-19(2)14-9-5-4-8-13(14)12-18-15(20)16(17)10-6-3-7-11-16;;/h4-5,8-9H,3,6-7,10-12,17H2,1-2H3,(H,18,20);2*1H. The number of para-hydroxylation sites is 1. The van der Waals surface area contributed by atoms with Crippen LogP contribution in [0.1, 0.15) is 37.7 Å². The van der Waals surface area contributed by atoms with Gasteiger partial charge < -0.3 is 16.0 Å². The first-order valence-corrected chi connectivity index (χ1v) is 7.35. The third kappa shape index (κ3) is 5.04. The second-order valence-corrected chi connectivity index (χ2v) is 5.92. The lowest BCUT2D eigenvalue weighted by atomic mass is 9.82. The fraction of sp³-hybridized carbons (Fsp3) is 0.562. The Morgan fingerprint density at radius 1 is 1.18 bits per heavy atom. The minimum absolute atomic E-state index is 0. The largest absolute Gasteiger partial charge is 0.377 e.